The number of nitrogens with two attached hydrogens (primary N) is 1. The van der Waals surface area contributed by atoms with E-state index < -0.39 is 0 Å². The van der Waals surface area contributed by atoms with Gasteiger partial charge in [-0.2, -0.15) is 0 Å². The van der Waals surface area contributed by atoms with Crippen LogP contribution in [-0.2, 0) is 6.42 Å². The summed E-state index contributed by atoms with van der Waals surface area (Å²) < 4.78 is 0. The van der Waals surface area contributed by atoms with Crippen LogP contribution in [0.25, 0.3) is 5.70 Å². The van der Waals surface area contributed by atoms with Crippen LogP contribution in [0.15, 0.2) is 86.3 Å². The summed E-state index contributed by atoms with van der Waals surface area (Å²) in [7, 11) is 0. The molecule has 1 spiro atoms. The van der Waals surface area contributed by atoms with E-state index in [1.807, 2.05) is 12.4 Å². The normalized spacial score (nSPS) is 22.3. The molecule has 4 nitrogen and oxygen atoms in total. The lowest BCUT2D eigenvalue weighted by Crippen LogP contribution is -2.30. The molecule has 2 atom stereocenters. The molecular formula is C32H38N4. The van der Waals surface area contributed by atoms with Crippen molar-refractivity contribution in [1.82, 2.24) is 9.88 Å². The standard InChI is InChI=1S/C30H33N3.C2H5N/c1-22-5-3-4-6-27(22)28-10-9-24-7-8-25(19-29(24)28)23(2)32-17-13-30(20-32)14-18-33(21-30)26-11-15-31-16-12-26;1-2-3/h3-8,11-12,15-16,19,28H,2,9-10,13-14,17-18,20-21H2,1H3;2H,1,3H2. The maximum absolute atomic E-state index is 4.61. The SMILES string of the molecule is C=C(c1ccc2c(c1)C(c1ccccc1C)CC2)N1CCC2(CCN(c3ccncc3)C2)C1.C=CN. The number of likely N-dealkylation sites (tertiary alicyclic amines) is 1. The Balaban J connectivity index is 0.000000848. The maximum Gasteiger partial charge on any atom is 0.0397 e. The van der Waals surface area contributed by atoms with Gasteiger partial charge in [-0.25, -0.2) is 0 Å². The summed E-state index contributed by atoms with van der Waals surface area (Å²) in [5.74, 6) is 0.516. The minimum Gasteiger partial charge on any atom is -0.405 e. The number of aryl methyl sites for hydroxylation is 2. The van der Waals surface area contributed by atoms with Gasteiger partial charge in [0.1, 0.15) is 0 Å². The lowest BCUT2D eigenvalue weighted by Gasteiger charge is -2.27. The van der Waals surface area contributed by atoms with Crippen molar-refractivity contribution < 1.29 is 0 Å². The Morgan fingerprint density at radius 2 is 1.78 bits per heavy atom. The van der Waals surface area contributed by atoms with Crippen molar-refractivity contribution in [2.75, 3.05) is 31.1 Å². The monoisotopic (exact) mass is 478 g/mol. The Kier molecular flexibility index (Phi) is 6.86. The predicted molar refractivity (Wildman–Crippen MR) is 151 cm³/mol. The Hall–Kier alpha value is -3.53. The third-order valence-corrected chi connectivity index (χ3v) is 8.41. The summed E-state index contributed by atoms with van der Waals surface area (Å²) in [6.45, 7) is 14.5. The molecule has 36 heavy (non-hydrogen) atoms. The van der Waals surface area contributed by atoms with Crippen LogP contribution in [0.2, 0.25) is 0 Å². The van der Waals surface area contributed by atoms with E-state index in [1.54, 1.807) is 0 Å². The lowest BCUT2D eigenvalue weighted by molar-refractivity contribution is 0.335. The largest absolute Gasteiger partial charge is 0.405 e. The molecule has 0 amide bonds. The number of hydrogen-bond donors (Lipinski definition) is 1. The van der Waals surface area contributed by atoms with Gasteiger partial charge in [-0.15, -0.1) is 0 Å². The average molecular weight is 479 g/mol. The van der Waals surface area contributed by atoms with Crippen molar-refractivity contribution in [3.63, 3.8) is 0 Å². The number of hydrogen-bond acceptors (Lipinski definition) is 4. The van der Waals surface area contributed by atoms with E-state index in [9.17, 15) is 0 Å². The van der Waals surface area contributed by atoms with Crippen LogP contribution < -0.4 is 10.6 Å². The number of pyridine rings is 1. The minimum absolute atomic E-state index is 0.382. The summed E-state index contributed by atoms with van der Waals surface area (Å²) in [6.07, 6.45) is 9.97. The molecule has 2 saturated heterocycles. The molecule has 0 bridgehead atoms. The van der Waals surface area contributed by atoms with E-state index in [-0.39, 0.29) is 0 Å². The first-order valence-electron chi connectivity index (χ1n) is 13.1. The highest BCUT2D eigenvalue weighted by Crippen LogP contribution is 2.44. The van der Waals surface area contributed by atoms with Gasteiger partial charge in [0.2, 0.25) is 0 Å². The number of aromatic nitrogens is 1. The van der Waals surface area contributed by atoms with Crippen LogP contribution in [0.5, 0.6) is 0 Å². The molecule has 1 aliphatic carbocycles. The van der Waals surface area contributed by atoms with E-state index >= 15 is 0 Å². The van der Waals surface area contributed by atoms with Gasteiger partial charge in [-0.05, 0) is 84.8 Å². The van der Waals surface area contributed by atoms with E-state index in [4.69, 9.17) is 0 Å². The summed E-state index contributed by atoms with van der Waals surface area (Å²) >= 11 is 0. The third-order valence-electron chi connectivity index (χ3n) is 8.41. The van der Waals surface area contributed by atoms with E-state index in [1.165, 1.54) is 71.1 Å². The van der Waals surface area contributed by atoms with Gasteiger partial charge >= 0.3 is 0 Å². The molecule has 1 aromatic heterocycles. The molecule has 3 aliphatic rings. The zero-order valence-electron chi connectivity index (χ0n) is 21.5. The number of rotatable bonds is 4. The van der Waals surface area contributed by atoms with Gasteiger partial charge in [-0.3, -0.25) is 4.98 Å². The molecule has 2 unspecified atom stereocenters. The number of benzene rings is 2. The second-order valence-corrected chi connectivity index (χ2v) is 10.6. The molecule has 2 aromatic carbocycles. The molecule has 186 valence electrons. The van der Waals surface area contributed by atoms with E-state index in [2.05, 4.69) is 95.2 Å². The Labute approximate surface area is 216 Å². The van der Waals surface area contributed by atoms with Crippen LogP contribution in [0.3, 0.4) is 0 Å². The fraction of sp³-hybridized carbons (Fsp3) is 0.344. The maximum atomic E-state index is 4.61. The number of anilines is 1. The smallest absolute Gasteiger partial charge is 0.0397 e. The van der Waals surface area contributed by atoms with Crippen molar-refractivity contribution in [1.29, 1.82) is 0 Å². The number of nitrogens with zero attached hydrogens (tertiary/aromatic N) is 3. The molecule has 2 aliphatic heterocycles. The number of fused-ring (bicyclic) bond motifs is 1. The zero-order valence-corrected chi connectivity index (χ0v) is 21.5. The molecule has 2 fully saturated rings. The molecule has 3 heterocycles. The Morgan fingerprint density at radius 1 is 1.03 bits per heavy atom. The lowest BCUT2D eigenvalue weighted by atomic mass is 9.86. The van der Waals surface area contributed by atoms with Crippen molar-refractivity contribution in [3.05, 3.63) is 114 Å². The quantitative estimate of drug-likeness (QED) is 0.490. The Morgan fingerprint density at radius 3 is 2.56 bits per heavy atom. The summed E-state index contributed by atoms with van der Waals surface area (Å²) in [4.78, 5) is 9.27. The van der Waals surface area contributed by atoms with E-state index in [0.29, 0.717) is 11.3 Å². The highest BCUT2D eigenvalue weighted by molar-refractivity contribution is 5.65. The summed E-state index contributed by atoms with van der Waals surface area (Å²) in [5, 5.41) is 0. The molecule has 3 aromatic rings. The second kappa shape index (κ2) is 10.2. The molecule has 2 N–H and O–H groups in total. The van der Waals surface area contributed by atoms with Gasteiger partial charge in [0.15, 0.2) is 0 Å². The van der Waals surface area contributed by atoms with Gasteiger partial charge in [0, 0.05) is 61.3 Å². The summed E-state index contributed by atoms with van der Waals surface area (Å²) in [6, 6.07) is 20.3. The topological polar surface area (TPSA) is 45.4 Å². The minimum atomic E-state index is 0.382. The molecular weight excluding hydrogens is 440 g/mol. The second-order valence-electron chi connectivity index (χ2n) is 10.6. The fourth-order valence-electron chi connectivity index (χ4n) is 6.47. The fourth-order valence-corrected chi connectivity index (χ4v) is 6.47. The van der Waals surface area contributed by atoms with Gasteiger partial charge < -0.3 is 15.5 Å². The Bertz CT molecular complexity index is 1230. The highest BCUT2D eigenvalue weighted by Gasteiger charge is 2.44. The summed E-state index contributed by atoms with van der Waals surface area (Å²) in [5.41, 5.74) is 14.7. The van der Waals surface area contributed by atoms with Crippen LogP contribution in [0, 0.1) is 12.3 Å². The van der Waals surface area contributed by atoms with Crippen LogP contribution in [0.4, 0.5) is 5.69 Å². The highest BCUT2D eigenvalue weighted by atomic mass is 15.2. The van der Waals surface area contributed by atoms with Crippen LogP contribution in [0.1, 0.15) is 53.0 Å². The van der Waals surface area contributed by atoms with Crippen LogP contribution >= 0.6 is 0 Å². The van der Waals surface area contributed by atoms with Crippen molar-refractivity contribution in [2.24, 2.45) is 11.1 Å². The first kappa shape index (κ1) is 24.2. The van der Waals surface area contributed by atoms with Crippen molar-refractivity contribution in [2.45, 2.75) is 38.5 Å². The zero-order chi connectivity index (χ0) is 25.1. The first-order chi connectivity index (χ1) is 17.5. The molecule has 0 radical (unpaired) electrons. The van der Waals surface area contributed by atoms with Crippen molar-refractivity contribution in [3.8, 4) is 0 Å². The van der Waals surface area contributed by atoms with Gasteiger partial charge in [0.05, 0.1) is 0 Å². The molecule has 0 saturated carbocycles. The molecule has 6 rings (SSSR count). The average Bonchev–Trinajstić information content (AvgIpc) is 3.64. The third kappa shape index (κ3) is 4.65. The van der Waals surface area contributed by atoms with Crippen molar-refractivity contribution >= 4 is 11.4 Å². The van der Waals surface area contributed by atoms with Crippen LogP contribution in [-0.4, -0.2) is 36.1 Å². The first-order valence-corrected chi connectivity index (χ1v) is 13.1. The van der Waals surface area contributed by atoms with Gasteiger partial charge in [-0.1, -0.05) is 49.6 Å². The van der Waals surface area contributed by atoms with E-state index in [0.717, 1.165) is 26.2 Å². The molecule has 4 heteroatoms. The predicted octanol–water partition coefficient (Wildman–Crippen LogP) is 6.13. The van der Waals surface area contributed by atoms with Gasteiger partial charge in [0.25, 0.3) is 0 Å².